The molecule has 1 aliphatic heterocycles. The molecule has 18 heavy (non-hydrogen) atoms. The molecule has 0 radical (unpaired) electrons. The van der Waals surface area contributed by atoms with Crippen molar-refractivity contribution in [1.82, 2.24) is 15.2 Å². The first-order valence-corrected chi connectivity index (χ1v) is 6.47. The van der Waals surface area contributed by atoms with Gasteiger partial charge in [-0.25, -0.2) is 0 Å². The number of pyridine rings is 1. The Bertz CT molecular complexity index is 458. The Labute approximate surface area is 108 Å². The summed E-state index contributed by atoms with van der Waals surface area (Å²) in [6.45, 7) is 9.63. The zero-order valence-electron chi connectivity index (χ0n) is 11.5. The third-order valence-electron chi connectivity index (χ3n) is 3.48. The fourth-order valence-electron chi connectivity index (χ4n) is 2.37. The van der Waals surface area contributed by atoms with Crippen LogP contribution < -0.4 is 5.32 Å². The summed E-state index contributed by atoms with van der Waals surface area (Å²) >= 11 is 0. The molecule has 1 aliphatic rings. The van der Waals surface area contributed by atoms with Crippen LogP contribution in [0, 0.1) is 13.8 Å². The molecule has 4 nitrogen and oxygen atoms in total. The van der Waals surface area contributed by atoms with Crippen molar-refractivity contribution >= 4 is 5.91 Å². The number of aromatic nitrogens is 1. The number of hydrogen-bond acceptors (Lipinski definition) is 3. The molecule has 0 spiro atoms. The van der Waals surface area contributed by atoms with Crippen molar-refractivity contribution in [2.24, 2.45) is 0 Å². The molecular formula is C14H21N3O. The van der Waals surface area contributed by atoms with Crippen molar-refractivity contribution in [2.45, 2.75) is 39.8 Å². The summed E-state index contributed by atoms with van der Waals surface area (Å²) in [7, 11) is 0. The molecule has 0 aromatic carbocycles. The van der Waals surface area contributed by atoms with E-state index < -0.39 is 0 Å². The monoisotopic (exact) mass is 247 g/mol. The molecule has 1 saturated heterocycles. The van der Waals surface area contributed by atoms with Gasteiger partial charge in [-0.1, -0.05) is 0 Å². The number of aryl methyl sites for hydroxylation is 2. The molecular weight excluding hydrogens is 226 g/mol. The van der Waals surface area contributed by atoms with Crippen LogP contribution in [0.15, 0.2) is 12.1 Å². The van der Waals surface area contributed by atoms with Crippen LogP contribution in [0.5, 0.6) is 0 Å². The number of nitrogens with zero attached hydrogens (tertiary/aromatic N) is 2. The van der Waals surface area contributed by atoms with Crippen molar-refractivity contribution in [3.8, 4) is 0 Å². The van der Waals surface area contributed by atoms with E-state index in [9.17, 15) is 4.79 Å². The summed E-state index contributed by atoms with van der Waals surface area (Å²) in [4.78, 5) is 18.9. The van der Waals surface area contributed by atoms with Gasteiger partial charge in [0.2, 0.25) is 0 Å². The maximum absolute atomic E-state index is 12.5. The summed E-state index contributed by atoms with van der Waals surface area (Å²) < 4.78 is 0. The lowest BCUT2D eigenvalue weighted by Crippen LogP contribution is -2.56. The van der Waals surface area contributed by atoms with Crippen molar-refractivity contribution in [3.63, 3.8) is 0 Å². The molecule has 1 aromatic rings. The average molecular weight is 247 g/mol. The first-order chi connectivity index (χ1) is 8.49. The van der Waals surface area contributed by atoms with Crippen LogP contribution >= 0.6 is 0 Å². The second-order valence-corrected chi connectivity index (χ2v) is 5.20. The minimum absolute atomic E-state index is 0.0980. The lowest BCUT2D eigenvalue weighted by atomic mass is 10.1. The fourth-order valence-corrected chi connectivity index (χ4v) is 2.37. The second kappa shape index (κ2) is 5.06. The van der Waals surface area contributed by atoms with Gasteiger partial charge >= 0.3 is 0 Å². The summed E-state index contributed by atoms with van der Waals surface area (Å²) in [6.07, 6.45) is 0. The van der Waals surface area contributed by atoms with E-state index in [1.165, 1.54) is 0 Å². The molecule has 1 aromatic heterocycles. The molecule has 1 amide bonds. The first kappa shape index (κ1) is 13.0. The Morgan fingerprint density at radius 2 is 2.11 bits per heavy atom. The second-order valence-electron chi connectivity index (χ2n) is 5.20. The van der Waals surface area contributed by atoms with E-state index in [1.54, 1.807) is 0 Å². The van der Waals surface area contributed by atoms with E-state index in [1.807, 2.05) is 30.9 Å². The van der Waals surface area contributed by atoms with Crippen molar-refractivity contribution in [3.05, 3.63) is 29.1 Å². The van der Waals surface area contributed by atoms with Crippen LogP contribution in [-0.4, -0.2) is 41.0 Å². The number of hydrogen-bond donors (Lipinski definition) is 1. The molecule has 0 bridgehead atoms. The van der Waals surface area contributed by atoms with Gasteiger partial charge in [-0.05, 0) is 39.8 Å². The van der Waals surface area contributed by atoms with Crippen LogP contribution in [0.3, 0.4) is 0 Å². The Balaban J connectivity index is 2.24. The van der Waals surface area contributed by atoms with Crippen LogP contribution in [0.25, 0.3) is 0 Å². The molecule has 2 atom stereocenters. The maximum atomic E-state index is 12.5. The average Bonchev–Trinajstić information content (AvgIpc) is 2.31. The topological polar surface area (TPSA) is 45.2 Å². The number of piperazine rings is 1. The zero-order valence-corrected chi connectivity index (χ0v) is 11.5. The molecule has 0 saturated carbocycles. The number of amides is 1. The van der Waals surface area contributed by atoms with Gasteiger partial charge in [0.25, 0.3) is 5.91 Å². The summed E-state index contributed by atoms with van der Waals surface area (Å²) in [5, 5.41) is 3.38. The molecule has 0 aliphatic carbocycles. The third kappa shape index (κ3) is 2.53. The molecule has 2 heterocycles. The summed E-state index contributed by atoms with van der Waals surface area (Å²) in [5.74, 6) is 0.0980. The predicted octanol–water partition coefficient (Wildman–Crippen LogP) is 1.52. The van der Waals surface area contributed by atoms with Crippen molar-refractivity contribution < 1.29 is 4.79 Å². The molecule has 98 valence electrons. The third-order valence-corrected chi connectivity index (χ3v) is 3.48. The van der Waals surface area contributed by atoms with E-state index in [0.29, 0.717) is 6.04 Å². The molecule has 2 unspecified atom stereocenters. The minimum atomic E-state index is 0.0980. The van der Waals surface area contributed by atoms with Crippen LogP contribution in [0.4, 0.5) is 0 Å². The SMILES string of the molecule is Cc1ccc(C(=O)N2CC(C)NCC2C)c(C)n1. The largest absolute Gasteiger partial charge is 0.333 e. The predicted molar refractivity (Wildman–Crippen MR) is 71.7 cm³/mol. The van der Waals surface area contributed by atoms with Gasteiger partial charge in [-0.15, -0.1) is 0 Å². The van der Waals surface area contributed by atoms with E-state index in [-0.39, 0.29) is 11.9 Å². The lowest BCUT2D eigenvalue weighted by Gasteiger charge is -2.37. The van der Waals surface area contributed by atoms with E-state index in [2.05, 4.69) is 24.1 Å². The highest BCUT2D eigenvalue weighted by Crippen LogP contribution is 2.15. The molecule has 1 fully saturated rings. The Morgan fingerprint density at radius 3 is 2.78 bits per heavy atom. The van der Waals surface area contributed by atoms with Gasteiger partial charge in [0, 0.05) is 30.9 Å². The van der Waals surface area contributed by atoms with Crippen molar-refractivity contribution in [2.75, 3.05) is 13.1 Å². The van der Waals surface area contributed by atoms with Crippen molar-refractivity contribution in [1.29, 1.82) is 0 Å². The smallest absolute Gasteiger partial charge is 0.256 e. The standard InChI is InChI=1S/C14H21N3O/c1-9-5-6-13(12(4)16-9)14(18)17-8-10(2)15-7-11(17)3/h5-6,10-11,15H,7-8H2,1-4H3. The number of carbonyl (C=O) groups excluding carboxylic acids is 1. The van der Waals surface area contributed by atoms with Gasteiger partial charge in [-0.3, -0.25) is 9.78 Å². The molecule has 1 N–H and O–H groups in total. The van der Waals surface area contributed by atoms with Crippen LogP contribution in [0.1, 0.15) is 35.6 Å². The highest BCUT2D eigenvalue weighted by Gasteiger charge is 2.28. The minimum Gasteiger partial charge on any atom is -0.333 e. The molecule has 2 rings (SSSR count). The Kier molecular flexibility index (Phi) is 3.66. The van der Waals surface area contributed by atoms with Gasteiger partial charge in [-0.2, -0.15) is 0 Å². The van der Waals surface area contributed by atoms with E-state index >= 15 is 0 Å². The zero-order chi connectivity index (χ0) is 13.3. The number of nitrogens with one attached hydrogen (secondary N) is 1. The highest BCUT2D eigenvalue weighted by molar-refractivity contribution is 5.95. The summed E-state index contributed by atoms with van der Waals surface area (Å²) in [6, 6.07) is 4.37. The summed E-state index contributed by atoms with van der Waals surface area (Å²) in [5.41, 5.74) is 2.49. The highest BCUT2D eigenvalue weighted by atomic mass is 16.2. The first-order valence-electron chi connectivity index (χ1n) is 6.47. The fraction of sp³-hybridized carbons (Fsp3) is 0.571. The Morgan fingerprint density at radius 1 is 1.39 bits per heavy atom. The normalized spacial score (nSPS) is 24.1. The number of rotatable bonds is 1. The van der Waals surface area contributed by atoms with Gasteiger partial charge in [0.05, 0.1) is 11.3 Å². The van der Waals surface area contributed by atoms with Gasteiger partial charge in [0.1, 0.15) is 0 Å². The molecule has 4 heteroatoms. The number of carbonyl (C=O) groups is 1. The quantitative estimate of drug-likeness (QED) is 0.818. The van der Waals surface area contributed by atoms with Gasteiger partial charge in [0.15, 0.2) is 0 Å². The van der Waals surface area contributed by atoms with Gasteiger partial charge < -0.3 is 10.2 Å². The lowest BCUT2D eigenvalue weighted by molar-refractivity contribution is 0.0615. The maximum Gasteiger partial charge on any atom is 0.256 e. The van der Waals surface area contributed by atoms with E-state index in [0.717, 1.165) is 30.0 Å². The van der Waals surface area contributed by atoms with E-state index in [4.69, 9.17) is 0 Å². The van der Waals surface area contributed by atoms with Crippen LogP contribution in [0.2, 0.25) is 0 Å². The Hall–Kier alpha value is -1.42. The van der Waals surface area contributed by atoms with Crippen LogP contribution in [-0.2, 0) is 0 Å².